The number of nitrogens with one attached hydrogen (secondary N) is 1. The monoisotopic (exact) mass is 461 g/mol. The molecule has 0 spiro atoms. The highest BCUT2D eigenvalue weighted by atomic mass is 16.7. The zero-order chi connectivity index (χ0) is 23.6. The van der Waals surface area contributed by atoms with Crippen LogP contribution in [0.25, 0.3) is 0 Å². The Morgan fingerprint density at radius 1 is 1.15 bits per heavy atom. The Kier molecular flexibility index (Phi) is 7.34. The molecule has 2 N–H and O–H groups in total. The van der Waals surface area contributed by atoms with Gasteiger partial charge in [0.1, 0.15) is 5.75 Å². The number of carbonyl (C=O) groups is 1. The average molecular weight is 462 g/mol. The predicted octanol–water partition coefficient (Wildman–Crippen LogP) is 3.28. The van der Waals surface area contributed by atoms with Gasteiger partial charge in [-0.15, -0.1) is 0 Å². The van der Waals surface area contributed by atoms with E-state index in [9.17, 15) is 9.90 Å². The van der Waals surface area contributed by atoms with E-state index in [2.05, 4.69) is 19.2 Å². The van der Waals surface area contributed by atoms with Crippen LogP contribution in [0.4, 0.5) is 0 Å². The van der Waals surface area contributed by atoms with Gasteiger partial charge in [-0.3, -0.25) is 4.79 Å². The summed E-state index contributed by atoms with van der Waals surface area (Å²) in [5, 5.41) is 14.0. The molecule has 33 heavy (non-hydrogen) atoms. The molecule has 7 unspecified atom stereocenters. The molecular formula is C26H39NO6. The number of aliphatic hydroxyl groups excluding tert-OH is 1. The van der Waals surface area contributed by atoms with E-state index in [1.807, 2.05) is 24.3 Å². The van der Waals surface area contributed by atoms with Gasteiger partial charge in [0.05, 0.1) is 32.5 Å². The van der Waals surface area contributed by atoms with E-state index >= 15 is 0 Å². The summed E-state index contributed by atoms with van der Waals surface area (Å²) in [5.74, 6) is 1.03. The lowest BCUT2D eigenvalue weighted by Gasteiger charge is -2.62. The van der Waals surface area contributed by atoms with Crippen LogP contribution in [-0.2, 0) is 25.5 Å². The molecule has 0 radical (unpaired) electrons. The largest absolute Gasteiger partial charge is 0.497 e. The van der Waals surface area contributed by atoms with E-state index in [0.29, 0.717) is 38.5 Å². The van der Waals surface area contributed by atoms with Gasteiger partial charge in [0.15, 0.2) is 6.29 Å². The number of amides is 1. The van der Waals surface area contributed by atoms with Gasteiger partial charge in [0.25, 0.3) is 0 Å². The normalized spacial score (nSPS) is 38.2. The lowest BCUT2D eigenvalue weighted by atomic mass is 9.46. The van der Waals surface area contributed by atoms with Gasteiger partial charge >= 0.3 is 0 Å². The van der Waals surface area contributed by atoms with Crippen molar-refractivity contribution >= 4 is 5.91 Å². The third-order valence-corrected chi connectivity index (χ3v) is 8.59. The Labute approximate surface area is 197 Å². The van der Waals surface area contributed by atoms with Crippen LogP contribution in [0, 0.1) is 22.7 Å². The molecular weight excluding hydrogens is 422 g/mol. The topological polar surface area (TPSA) is 86.3 Å². The maximum Gasteiger partial charge on any atom is 0.220 e. The van der Waals surface area contributed by atoms with Gasteiger partial charge in [-0.2, -0.15) is 0 Å². The highest BCUT2D eigenvalue weighted by Gasteiger charge is 2.61. The van der Waals surface area contributed by atoms with Crippen LogP contribution in [0.5, 0.6) is 5.75 Å². The van der Waals surface area contributed by atoms with E-state index in [-0.39, 0.29) is 35.0 Å². The molecule has 7 heteroatoms. The number of hydrogen-bond donors (Lipinski definition) is 2. The summed E-state index contributed by atoms with van der Waals surface area (Å²) in [6, 6.07) is 7.69. The molecule has 1 aromatic carbocycles. The second-order valence-electron chi connectivity index (χ2n) is 10.5. The van der Waals surface area contributed by atoms with E-state index in [0.717, 1.165) is 30.6 Å². The number of benzene rings is 1. The number of methoxy groups -OCH3 is 2. The fourth-order valence-electron chi connectivity index (χ4n) is 6.73. The zero-order valence-corrected chi connectivity index (χ0v) is 20.3. The van der Waals surface area contributed by atoms with Gasteiger partial charge in [-0.05, 0) is 60.6 Å². The van der Waals surface area contributed by atoms with Crippen molar-refractivity contribution in [2.45, 2.75) is 71.0 Å². The molecule has 0 bridgehead atoms. The second-order valence-corrected chi connectivity index (χ2v) is 10.5. The van der Waals surface area contributed by atoms with E-state index in [4.69, 9.17) is 18.9 Å². The Morgan fingerprint density at radius 2 is 1.91 bits per heavy atom. The molecule has 2 aliphatic carbocycles. The van der Waals surface area contributed by atoms with Crippen LogP contribution in [0.2, 0.25) is 0 Å². The summed E-state index contributed by atoms with van der Waals surface area (Å²) in [5.41, 5.74) is 0.753. The summed E-state index contributed by atoms with van der Waals surface area (Å²) in [4.78, 5) is 12.9. The summed E-state index contributed by atoms with van der Waals surface area (Å²) < 4.78 is 22.7. The Bertz CT molecular complexity index is 816. The Balaban J connectivity index is 1.42. The first-order chi connectivity index (χ1) is 15.8. The molecule has 3 aliphatic rings. The number of carbonyl (C=O) groups excluding carboxylic acids is 1. The SMILES string of the molecule is COCC1OCC2(C)C(CCC3(C)C(CC(=O)NCc4ccc(OC)cc4)C(O)CCC23)O1. The van der Waals surface area contributed by atoms with Crippen molar-refractivity contribution in [3.63, 3.8) is 0 Å². The molecule has 4 rings (SSSR count). The minimum absolute atomic E-state index is 0.0136. The average Bonchev–Trinajstić information content (AvgIpc) is 2.81. The van der Waals surface area contributed by atoms with Gasteiger partial charge in [0.2, 0.25) is 5.91 Å². The van der Waals surface area contributed by atoms with E-state index in [1.54, 1.807) is 14.2 Å². The van der Waals surface area contributed by atoms with Crippen LogP contribution >= 0.6 is 0 Å². The predicted molar refractivity (Wildman–Crippen MR) is 124 cm³/mol. The number of aliphatic hydroxyl groups is 1. The number of rotatable bonds is 7. The first kappa shape index (κ1) is 24.5. The van der Waals surface area contributed by atoms with Crippen LogP contribution in [0.15, 0.2) is 24.3 Å². The van der Waals surface area contributed by atoms with Crippen LogP contribution in [0.1, 0.15) is 51.5 Å². The first-order valence-electron chi connectivity index (χ1n) is 12.1. The molecule has 1 saturated heterocycles. The summed E-state index contributed by atoms with van der Waals surface area (Å²) in [7, 11) is 3.29. The molecule has 3 fully saturated rings. The first-order valence-corrected chi connectivity index (χ1v) is 12.1. The van der Waals surface area contributed by atoms with Crippen molar-refractivity contribution in [1.82, 2.24) is 5.32 Å². The zero-order valence-electron chi connectivity index (χ0n) is 20.3. The van der Waals surface area contributed by atoms with Crippen molar-refractivity contribution in [2.24, 2.45) is 22.7 Å². The standard InChI is InChI=1S/C26H39NO6/c1-25-12-11-22-26(2,16-32-24(33-22)15-30-3)21(25)10-9-20(28)19(25)13-23(29)27-14-17-5-7-18(31-4)8-6-17/h5-8,19-22,24,28H,9-16H2,1-4H3,(H,27,29). The van der Waals surface area contributed by atoms with E-state index in [1.165, 1.54) is 0 Å². The fraction of sp³-hybridized carbons (Fsp3) is 0.731. The van der Waals surface area contributed by atoms with Crippen molar-refractivity contribution in [3.8, 4) is 5.75 Å². The molecule has 7 atom stereocenters. The van der Waals surface area contributed by atoms with Gasteiger partial charge < -0.3 is 29.4 Å². The minimum atomic E-state index is -0.468. The highest BCUT2D eigenvalue weighted by molar-refractivity contribution is 5.76. The number of ether oxygens (including phenoxy) is 4. The quantitative estimate of drug-likeness (QED) is 0.648. The maximum absolute atomic E-state index is 12.9. The molecule has 1 aromatic rings. The van der Waals surface area contributed by atoms with Gasteiger partial charge in [0, 0.05) is 25.5 Å². The molecule has 0 aromatic heterocycles. The Morgan fingerprint density at radius 3 is 2.61 bits per heavy atom. The third kappa shape index (κ3) is 4.78. The van der Waals surface area contributed by atoms with Crippen molar-refractivity contribution in [2.75, 3.05) is 27.4 Å². The Hall–Kier alpha value is -1.67. The van der Waals surface area contributed by atoms with Crippen LogP contribution < -0.4 is 10.1 Å². The van der Waals surface area contributed by atoms with Crippen molar-refractivity contribution < 1.29 is 28.8 Å². The fourth-order valence-corrected chi connectivity index (χ4v) is 6.73. The lowest BCUT2D eigenvalue weighted by Crippen LogP contribution is -2.63. The highest BCUT2D eigenvalue weighted by Crippen LogP contribution is 2.62. The molecule has 1 aliphatic heterocycles. The summed E-state index contributed by atoms with van der Waals surface area (Å²) in [6.45, 7) is 6.06. The molecule has 1 amide bonds. The van der Waals surface area contributed by atoms with Crippen LogP contribution in [-0.4, -0.2) is 56.9 Å². The van der Waals surface area contributed by atoms with Gasteiger partial charge in [-0.1, -0.05) is 26.0 Å². The second kappa shape index (κ2) is 9.90. The summed E-state index contributed by atoms with van der Waals surface area (Å²) >= 11 is 0. The smallest absolute Gasteiger partial charge is 0.220 e. The summed E-state index contributed by atoms with van der Waals surface area (Å²) in [6.07, 6.45) is 3.14. The lowest BCUT2D eigenvalue weighted by molar-refractivity contribution is -0.315. The molecule has 1 heterocycles. The van der Waals surface area contributed by atoms with Crippen LogP contribution in [0.3, 0.4) is 0 Å². The van der Waals surface area contributed by atoms with Crippen molar-refractivity contribution in [1.29, 1.82) is 0 Å². The molecule has 7 nitrogen and oxygen atoms in total. The molecule has 2 saturated carbocycles. The number of fused-ring (bicyclic) bond motifs is 3. The third-order valence-electron chi connectivity index (χ3n) is 8.59. The van der Waals surface area contributed by atoms with Gasteiger partial charge in [-0.25, -0.2) is 0 Å². The van der Waals surface area contributed by atoms with Crippen molar-refractivity contribution in [3.05, 3.63) is 29.8 Å². The number of hydrogen-bond acceptors (Lipinski definition) is 6. The van der Waals surface area contributed by atoms with E-state index < -0.39 is 6.10 Å². The minimum Gasteiger partial charge on any atom is -0.497 e. The maximum atomic E-state index is 12.9. The molecule has 184 valence electrons.